The number of hydrogen-bond acceptors (Lipinski definition) is 5. The van der Waals surface area contributed by atoms with Crippen LogP contribution < -0.4 is 4.74 Å². The Labute approximate surface area is 195 Å². The van der Waals surface area contributed by atoms with E-state index in [2.05, 4.69) is 32.0 Å². The van der Waals surface area contributed by atoms with Gasteiger partial charge in [-0.3, -0.25) is 9.78 Å². The predicted octanol–water partition coefficient (Wildman–Crippen LogP) is 4.77. The highest BCUT2D eigenvalue weighted by molar-refractivity contribution is 5.89. The lowest BCUT2D eigenvalue weighted by molar-refractivity contribution is -0.138. The van der Waals surface area contributed by atoms with Gasteiger partial charge in [-0.05, 0) is 61.1 Å². The van der Waals surface area contributed by atoms with Gasteiger partial charge in [0.2, 0.25) is 5.91 Å². The van der Waals surface area contributed by atoms with Crippen LogP contribution in [0.15, 0.2) is 61.3 Å². The third kappa shape index (κ3) is 4.10. The van der Waals surface area contributed by atoms with Crippen LogP contribution in [0.2, 0.25) is 0 Å². The lowest BCUT2D eigenvalue weighted by atomic mass is 9.76. The summed E-state index contributed by atoms with van der Waals surface area (Å²) in [4.78, 5) is 29.3. The molecule has 0 unspecified atom stereocenters. The zero-order chi connectivity index (χ0) is 22.7. The summed E-state index contributed by atoms with van der Waals surface area (Å²) in [6, 6.07) is 12.1. The highest BCUT2D eigenvalue weighted by atomic mass is 16.5. The number of nitrogens with zero attached hydrogens (tertiary/aromatic N) is 4. The summed E-state index contributed by atoms with van der Waals surface area (Å²) in [5.41, 5.74) is 3.82. The van der Waals surface area contributed by atoms with Crippen LogP contribution >= 0.6 is 0 Å². The molecule has 1 aliphatic heterocycles. The SMILES string of the molecule is COc1ccc(C2(C(=O)N3CCC[C@H](c4ncncc4-c4ccncc4)C3)CCCC2)cc1. The molecule has 1 saturated carbocycles. The number of benzene rings is 1. The second-order valence-corrected chi connectivity index (χ2v) is 9.17. The first-order chi connectivity index (χ1) is 16.2. The van der Waals surface area contributed by atoms with Crippen LogP contribution in [0.5, 0.6) is 5.75 Å². The van der Waals surface area contributed by atoms with Gasteiger partial charge < -0.3 is 9.64 Å². The van der Waals surface area contributed by atoms with Crippen molar-refractivity contribution in [3.05, 3.63) is 72.6 Å². The van der Waals surface area contributed by atoms with Gasteiger partial charge in [0.05, 0.1) is 18.2 Å². The first kappa shape index (κ1) is 21.6. The van der Waals surface area contributed by atoms with Crippen LogP contribution in [0.1, 0.15) is 55.7 Å². The monoisotopic (exact) mass is 442 g/mol. The Morgan fingerprint density at radius 1 is 1.03 bits per heavy atom. The number of likely N-dealkylation sites (tertiary alicyclic amines) is 1. The van der Waals surface area contributed by atoms with E-state index in [4.69, 9.17) is 4.74 Å². The average molecular weight is 443 g/mol. The molecule has 1 atom stereocenters. The van der Waals surface area contributed by atoms with Gasteiger partial charge in [0, 0.05) is 43.2 Å². The lowest BCUT2D eigenvalue weighted by Gasteiger charge is -2.39. The molecule has 6 nitrogen and oxygen atoms in total. The second kappa shape index (κ2) is 9.30. The summed E-state index contributed by atoms with van der Waals surface area (Å²) < 4.78 is 5.34. The number of ether oxygens (including phenoxy) is 1. The fraction of sp³-hybridized carbons (Fsp3) is 0.407. The van der Waals surface area contributed by atoms with Crippen LogP contribution in [-0.2, 0) is 10.2 Å². The van der Waals surface area contributed by atoms with Gasteiger partial charge in [-0.1, -0.05) is 25.0 Å². The summed E-state index contributed by atoms with van der Waals surface area (Å²) in [5, 5.41) is 0. The van der Waals surface area contributed by atoms with Crippen molar-refractivity contribution in [2.24, 2.45) is 0 Å². The van der Waals surface area contributed by atoms with Gasteiger partial charge in [0.15, 0.2) is 0 Å². The first-order valence-electron chi connectivity index (χ1n) is 11.9. The number of amides is 1. The summed E-state index contributed by atoms with van der Waals surface area (Å²) in [5.74, 6) is 1.29. The molecule has 2 aromatic heterocycles. The Hall–Kier alpha value is -3.28. The maximum absolute atomic E-state index is 14.1. The molecule has 1 amide bonds. The number of aromatic nitrogens is 3. The van der Waals surface area contributed by atoms with Crippen molar-refractivity contribution >= 4 is 5.91 Å². The molecule has 1 aromatic carbocycles. The smallest absolute Gasteiger partial charge is 0.233 e. The maximum atomic E-state index is 14.1. The van der Waals surface area contributed by atoms with Crippen LogP contribution in [0.4, 0.5) is 0 Å². The van der Waals surface area contributed by atoms with Gasteiger partial charge >= 0.3 is 0 Å². The molecule has 3 heterocycles. The van der Waals surface area contributed by atoms with Crippen molar-refractivity contribution < 1.29 is 9.53 Å². The number of piperidine rings is 1. The Balaban J connectivity index is 1.42. The van der Waals surface area contributed by atoms with Crippen molar-refractivity contribution in [1.29, 1.82) is 0 Å². The van der Waals surface area contributed by atoms with E-state index in [-0.39, 0.29) is 11.8 Å². The average Bonchev–Trinajstić information content (AvgIpc) is 3.40. The maximum Gasteiger partial charge on any atom is 0.233 e. The first-order valence-corrected chi connectivity index (χ1v) is 11.9. The molecule has 3 aromatic rings. The molecular formula is C27H30N4O2. The zero-order valence-corrected chi connectivity index (χ0v) is 19.1. The Bertz CT molecular complexity index is 1090. The minimum atomic E-state index is -0.423. The van der Waals surface area contributed by atoms with E-state index in [0.29, 0.717) is 6.54 Å². The van der Waals surface area contributed by atoms with E-state index >= 15 is 0 Å². The molecule has 1 aliphatic carbocycles. The molecule has 0 spiro atoms. The van der Waals surface area contributed by atoms with E-state index in [1.165, 1.54) is 0 Å². The van der Waals surface area contributed by atoms with Crippen molar-refractivity contribution in [3.8, 4) is 16.9 Å². The van der Waals surface area contributed by atoms with E-state index in [9.17, 15) is 4.79 Å². The molecule has 6 heteroatoms. The van der Waals surface area contributed by atoms with Crippen molar-refractivity contribution in [2.45, 2.75) is 49.9 Å². The summed E-state index contributed by atoms with van der Waals surface area (Å²) in [6.07, 6.45) is 13.1. The predicted molar refractivity (Wildman–Crippen MR) is 127 cm³/mol. The number of hydrogen-bond donors (Lipinski definition) is 0. The Kier molecular flexibility index (Phi) is 6.07. The Morgan fingerprint density at radius 2 is 1.79 bits per heavy atom. The molecule has 0 bridgehead atoms. The third-order valence-electron chi connectivity index (χ3n) is 7.34. The van der Waals surface area contributed by atoms with Crippen molar-refractivity contribution in [3.63, 3.8) is 0 Å². The van der Waals surface area contributed by atoms with E-state index in [1.807, 2.05) is 30.5 Å². The number of carbonyl (C=O) groups excluding carboxylic acids is 1. The molecule has 1 saturated heterocycles. The van der Waals surface area contributed by atoms with Crippen LogP contribution in [0, 0.1) is 0 Å². The number of pyridine rings is 1. The quantitative estimate of drug-likeness (QED) is 0.570. The minimum Gasteiger partial charge on any atom is -0.497 e. The van der Waals surface area contributed by atoms with Crippen molar-refractivity contribution in [2.75, 3.05) is 20.2 Å². The summed E-state index contributed by atoms with van der Waals surface area (Å²) in [6.45, 7) is 1.51. The number of rotatable bonds is 5. The molecular weight excluding hydrogens is 412 g/mol. The molecule has 33 heavy (non-hydrogen) atoms. The van der Waals surface area contributed by atoms with Gasteiger partial charge in [0.1, 0.15) is 12.1 Å². The fourth-order valence-electron chi connectivity index (χ4n) is 5.62. The van der Waals surface area contributed by atoms with Gasteiger partial charge in [0.25, 0.3) is 0 Å². The van der Waals surface area contributed by atoms with E-state index in [1.54, 1.807) is 25.8 Å². The lowest BCUT2D eigenvalue weighted by Crippen LogP contribution is -2.49. The zero-order valence-electron chi connectivity index (χ0n) is 19.1. The number of carbonyl (C=O) groups is 1. The van der Waals surface area contributed by atoms with Gasteiger partial charge in [-0.15, -0.1) is 0 Å². The van der Waals surface area contributed by atoms with E-state index < -0.39 is 5.41 Å². The van der Waals surface area contributed by atoms with Gasteiger partial charge in [-0.2, -0.15) is 0 Å². The fourth-order valence-corrected chi connectivity index (χ4v) is 5.62. The topological polar surface area (TPSA) is 68.2 Å². The standard InChI is InChI=1S/C27H30N4O2/c1-33-23-8-6-22(7-9-23)27(12-2-3-13-27)26(32)31-16-4-5-21(18-31)25-24(17-29-19-30-25)20-10-14-28-15-11-20/h6-11,14-15,17,19,21H,2-5,12-13,16,18H2,1H3/t21-/m0/s1. The minimum absolute atomic E-state index is 0.197. The molecule has 170 valence electrons. The van der Waals surface area contributed by atoms with Crippen LogP contribution in [0.3, 0.4) is 0 Å². The van der Waals surface area contributed by atoms with Crippen molar-refractivity contribution in [1.82, 2.24) is 19.9 Å². The molecule has 0 N–H and O–H groups in total. The highest BCUT2D eigenvalue weighted by Gasteiger charge is 2.46. The molecule has 2 fully saturated rings. The molecule has 5 rings (SSSR count). The normalized spacial score (nSPS) is 19.9. The molecule has 0 radical (unpaired) electrons. The third-order valence-corrected chi connectivity index (χ3v) is 7.34. The van der Waals surface area contributed by atoms with Crippen LogP contribution in [0.25, 0.3) is 11.1 Å². The largest absolute Gasteiger partial charge is 0.497 e. The molecule has 2 aliphatic rings. The van der Waals surface area contributed by atoms with Crippen LogP contribution in [-0.4, -0.2) is 46.0 Å². The Morgan fingerprint density at radius 3 is 2.52 bits per heavy atom. The second-order valence-electron chi connectivity index (χ2n) is 9.17. The summed E-state index contributed by atoms with van der Waals surface area (Å²) in [7, 11) is 1.67. The highest BCUT2D eigenvalue weighted by Crippen LogP contribution is 2.44. The summed E-state index contributed by atoms with van der Waals surface area (Å²) >= 11 is 0. The van der Waals surface area contributed by atoms with E-state index in [0.717, 1.165) is 73.2 Å². The van der Waals surface area contributed by atoms with Gasteiger partial charge in [-0.25, -0.2) is 9.97 Å². The number of methoxy groups -OCH3 is 1.